The molecule has 0 aliphatic carbocycles. The Morgan fingerprint density at radius 2 is 1.54 bits per heavy atom. The number of hydrogen-bond donors (Lipinski definition) is 0. The maximum Gasteiger partial charge on any atom is 0.338 e. The first-order valence-corrected chi connectivity index (χ1v) is 8.34. The van der Waals surface area contributed by atoms with E-state index < -0.39 is 30.4 Å². The van der Waals surface area contributed by atoms with Gasteiger partial charge < -0.3 is 18.9 Å². The van der Waals surface area contributed by atoms with Crippen LogP contribution < -0.4 is 0 Å². The van der Waals surface area contributed by atoms with Crippen molar-refractivity contribution >= 4 is 11.9 Å². The first kappa shape index (κ1) is 18.1. The molecule has 0 radical (unpaired) electrons. The number of ether oxygens (including phenoxy) is 4. The first-order chi connectivity index (χ1) is 12.7. The van der Waals surface area contributed by atoms with E-state index in [1.54, 1.807) is 48.5 Å². The van der Waals surface area contributed by atoms with E-state index in [2.05, 4.69) is 0 Å². The Morgan fingerprint density at radius 1 is 0.962 bits per heavy atom. The van der Waals surface area contributed by atoms with Crippen molar-refractivity contribution in [2.75, 3.05) is 13.7 Å². The smallest absolute Gasteiger partial charge is 0.338 e. The minimum absolute atomic E-state index is 0.0275. The average Bonchev–Trinajstić information content (AvgIpc) is 3.09. The minimum atomic E-state index is -0.583. The first-order valence-electron chi connectivity index (χ1n) is 8.34. The Bertz CT molecular complexity index is 730. The number of carbonyl (C=O) groups excluding carboxylic acids is 2. The Balaban J connectivity index is 1.60. The third-order valence-corrected chi connectivity index (χ3v) is 4.08. The number of rotatable bonds is 6. The molecule has 26 heavy (non-hydrogen) atoms. The van der Waals surface area contributed by atoms with Crippen molar-refractivity contribution in [3.8, 4) is 0 Å². The lowest BCUT2D eigenvalue weighted by Gasteiger charge is -2.18. The molecule has 2 aromatic carbocycles. The standard InChI is InChI=1S/C20H20O6/c1-23-18-12-16(26-20(22)15-10-6-3-7-11-15)17(25-18)13-24-19(21)14-8-4-2-5-9-14/h2-11,16-18H,12-13H2,1H3/t16-,17-,18?/m0/s1. The number of methoxy groups -OCH3 is 1. The molecular weight excluding hydrogens is 336 g/mol. The fraction of sp³-hybridized carbons (Fsp3) is 0.300. The van der Waals surface area contributed by atoms with Crippen LogP contribution in [0.4, 0.5) is 0 Å². The predicted molar refractivity (Wildman–Crippen MR) is 92.7 cm³/mol. The Kier molecular flexibility index (Phi) is 5.99. The number of carbonyl (C=O) groups is 2. The maximum atomic E-state index is 12.3. The molecule has 6 nitrogen and oxygen atoms in total. The van der Waals surface area contributed by atoms with Gasteiger partial charge >= 0.3 is 11.9 Å². The van der Waals surface area contributed by atoms with E-state index in [4.69, 9.17) is 18.9 Å². The summed E-state index contributed by atoms with van der Waals surface area (Å²) in [5, 5.41) is 0. The van der Waals surface area contributed by atoms with Crippen molar-refractivity contribution in [3.05, 3.63) is 71.8 Å². The predicted octanol–water partition coefficient (Wildman–Crippen LogP) is 2.83. The van der Waals surface area contributed by atoms with Crippen molar-refractivity contribution in [1.29, 1.82) is 0 Å². The lowest BCUT2D eigenvalue weighted by Crippen LogP contribution is -2.32. The van der Waals surface area contributed by atoms with Crippen LogP contribution in [-0.4, -0.2) is 44.2 Å². The van der Waals surface area contributed by atoms with Crippen LogP contribution in [0.15, 0.2) is 60.7 Å². The largest absolute Gasteiger partial charge is 0.459 e. The van der Waals surface area contributed by atoms with Crippen LogP contribution in [0.25, 0.3) is 0 Å². The molecule has 136 valence electrons. The highest BCUT2D eigenvalue weighted by atomic mass is 16.7. The van der Waals surface area contributed by atoms with Crippen LogP contribution in [0.3, 0.4) is 0 Å². The molecule has 1 fully saturated rings. The van der Waals surface area contributed by atoms with Crippen LogP contribution in [0.2, 0.25) is 0 Å². The van der Waals surface area contributed by atoms with Gasteiger partial charge in [-0.3, -0.25) is 0 Å². The van der Waals surface area contributed by atoms with E-state index in [0.29, 0.717) is 17.5 Å². The van der Waals surface area contributed by atoms with Crippen molar-refractivity contribution < 1.29 is 28.5 Å². The zero-order valence-electron chi connectivity index (χ0n) is 14.4. The van der Waals surface area contributed by atoms with Gasteiger partial charge in [0.1, 0.15) is 18.8 Å². The molecule has 0 aromatic heterocycles. The fourth-order valence-corrected chi connectivity index (χ4v) is 2.70. The van der Waals surface area contributed by atoms with E-state index in [-0.39, 0.29) is 6.61 Å². The lowest BCUT2D eigenvalue weighted by atomic mass is 10.1. The maximum absolute atomic E-state index is 12.3. The van der Waals surface area contributed by atoms with Crippen LogP contribution in [-0.2, 0) is 18.9 Å². The Morgan fingerprint density at radius 3 is 2.12 bits per heavy atom. The highest BCUT2D eigenvalue weighted by Gasteiger charge is 2.39. The highest BCUT2D eigenvalue weighted by Crippen LogP contribution is 2.25. The molecule has 6 heteroatoms. The van der Waals surface area contributed by atoms with Crippen LogP contribution >= 0.6 is 0 Å². The number of benzene rings is 2. The van der Waals surface area contributed by atoms with Gasteiger partial charge in [0.15, 0.2) is 6.29 Å². The molecular formula is C20H20O6. The van der Waals surface area contributed by atoms with Gasteiger partial charge in [0.2, 0.25) is 0 Å². The van der Waals surface area contributed by atoms with E-state index in [1.807, 2.05) is 12.1 Å². The highest BCUT2D eigenvalue weighted by molar-refractivity contribution is 5.90. The number of hydrogen-bond acceptors (Lipinski definition) is 6. The molecule has 0 N–H and O–H groups in total. The fourth-order valence-electron chi connectivity index (χ4n) is 2.70. The Hall–Kier alpha value is -2.70. The normalized spacial score (nSPS) is 22.0. The average molecular weight is 356 g/mol. The summed E-state index contributed by atoms with van der Waals surface area (Å²) in [7, 11) is 1.51. The van der Waals surface area contributed by atoms with Gasteiger partial charge in [0.25, 0.3) is 0 Å². The van der Waals surface area contributed by atoms with Crippen molar-refractivity contribution in [2.24, 2.45) is 0 Å². The summed E-state index contributed by atoms with van der Waals surface area (Å²) >= 11 is 0. The third-order valence-electron chi connectivity index (χ3n) is 4.08. The van der Waals surface area contributed by atoms with Gasteiger partial charge in [0, 0.05) is 13.5 Å². The monoisotopic (exact) mass is 356 g/mol. The SMILES string of the molecule is COC1C[C@H](OC(=O)c2ccccc2)[C@H](COC(=O)c2ccccc2)O1. The molecule has 1 saturated heterocycles. The zero-order valence-corrected chi connectivity index (χ0v) is 14.4. The molecule has 1 heterocycles. The van der Waals surface area contributed by atoms with E-state index in [0.717, 1.165) is 0 Å². The summed E-state index contributed by atoms with van der Waals surface area (Å²) in [6.07, 6.45) is -1.27. The summed E-state index contributed by atoms with van der Waals surface area (Å²) in [5.41, 5.74) is 0.903. The third kappa shape index (κ3) is 4.47. The second-order valence-corrected chi connectivity index (χ2v) is 5.85. The molecule has 0 saturated carbocycles. The van der Waals surface area contributed by atoms with Gasteiger partial charge in [0.05, 0.1) is 11.1 Å². The van der Waals surface area contributed by atoms with Gasteiger partial charge in [-0.2, -0.15) is 0 Å². The van der Waals surface area contributed by atoms with Crippen LogP contribution in [0, 0.1) is 0 Å². The van der Waals surface area contributed by atoms with E-state index in [1.165, 1.54) is 7.11 Å². The lowest BCUT2D eigenvalue weighted by molar-refractivity contribution is -0.128. The van der Waals surface area contributed by atoms with Gasteiger partial charge in [-0.05, 0) is 24.3 Å². The van der Waals surface area contributed by atoms with Crippen LogP contribution in [0.5, 0.6) is 0 Å². The summed E-state index contributed by atoms with van der Waals surface area (Å²) in [6.45, 7) is -0.0275. The second-order valence-electron chi connectivity index (χ2n) is 5.85. The molecule has 3 rings (SSSR count). The molecule has 0 amide bonds. The van der Waals surface area contributed by atoms with Gasteiger partial charge in [-0.25, -0.2) is 9.59 Å². The molecule has 0 bridgehead atoms. The molecule has 0 spiro atoms. The number of esters is 2. The molecule has 1 unspecified atom stereocenters. The van der Waals surface area contributed by atoms with Gasteiger partial charge in [-0.15, -0.1) is 0 Å². The summed E-state index contributed by atoms with van der Waals surface area (Å²) in [6, 6.07) is 17.4. The Labute approximate surface area is 151 Å². The molecule has 1 aliphatic heterocycles. The van der Waals surface area contributed by atoms with E-state index >= 15 is 0 Å². The summed E-state index contributed by atoms with van der Waals surface area (Å²) in [4.78, 5) is 24.4. The van der Waals surface area contributed by atoms with Crippen LogP contribution in [0.1, 0.15) is 27.1 Å². The second kappa shape index (κ2) is 8.60. The quantitative estimate of drug-likeness (QED) is 0.741. The van der Waals surface area contributed by atoms with Crippen molar-refractivity contribution in [1.82, 2.24) is 0 Å². The molecule has 2 aromatic rings. The van der Waals surface area contributed by atoms with Crippen molar-refractivity contribution in [2.45, 2.75) is 24.9 Å². The zero-order chi connectivity index (χ0) is 18.4. The minimum Gasteiger partial charge on any atom is -0.459 e. The summed E-state index contributed by atoms with van der Waals surface area (Å²) in [5.74, 6) is -0.904. The summed E-state index contributed by atoms with van der Waals surface area (Å²) < 4.78 is 21.7. The molecule has 3 atom stereocenters. The van der Waals surface area contributed by atoms with Crippen molar-refractivity contribution in [3.63, 3.8) is 0 Å². The molecule has 1 aliphatic rings. The van der Waals surface area contributed by atoms with E-state index in [9.17, 15) is 9.59 Å². The topological polar surface area (TPSA) is 71.1 Å². The van der Waals surface area contributed by atoms with Gasteiger partial charge in [-0.1, -0.05) is 36.4 Å².